The van der Waals surface area contributed by atoms with E-state index in [4.69, 9.17) is 5.73 Å². The Kier molecular flexibility index (Phi) is 9.06. The van der Waals surface area contributed by atoms with E-state index in [1.807, 2.05) is 0 Å². The van der Waals surface area contributed by atoms with Crippen molar-refractivity contribution in [3.8, 4) is 0 Å². The summed E-state index contributed by atoms with van der Waals surface area (Å²) in [5.41, 5.74) is 6.97. The molecule has 0 heterocycles. The summed E-state index contributed by atoms with van der Waals surface area (Å²) in [6, 6.07) is 9.91. The van der Waals surface area contributed by atoms with Crippen molar-refractivity contribution >= 4 is 42.4 Å². The van der Waals surface area contributed by atoms with Crippen LogP contribution in [0.3, 0.4) is 0 Å². The Morgan fingerprint density at radius 1 is 1.09 bits per heavy atom. The maximum absolute atomic E-state index is 5.68. The van der Waals surface area contributed by atoms with E-state index in [2.05, 4.69) is 56.6 Å². The number of hydrogen-bond donors (Lipinski definition) is 2. The van der Waals surface area contributed by atoms with E-state index in [0.717, 1.165) is 18.7 Å². The maximum atomic E-state index is 5.68. The summed E-state index contributed by atoms with van der Waals surface area (Å²) in [6.45, 7) is 4.75. The van der Waals surface area contributed by atoms with Gasteiger partial charge in [0.2, 0.25) is 0 Å². The van der Waals surface area contributed by atoms with E-state index in [9.17, 15) is 0 Å². The average Bonchev–Trinajstić information content (AvgIpc) is 2.57. The molecule has 22 heavy (non-hydrogen) atoms. The molecule has 1 aromatic rings. The number of rotatable bonds is 9. The van der Waals surface area contributed by atoms with Crippen LogP contribution in [0.4, 0.5) is 5.69 Å². The van der Waals surface area contributed by atoms with Crippen LogP contribution in [-0.2, 0) is 0 Å². The Balaban J connectivity index is 1.92. The third-order valence-electron chi connectivity index (χ3n) is 3.73. The van der Waals surface area contributed by atoms with Crippen molar-refractivity contribution in [2.24, 2.45) is 5.73 Å². The van der Waals surface area contributed by atoms with Crippen LogP contribution in [0.25, 0.3) is 0 Å². The van der Waals surface area contributed by atoms with Gasteiger partial charge in [-0.25, -0.2) is 0 Å². The third-order valence-corrected chi connectivity index (χ3v) is 17.3. The van der Waals surface area contributed by atoms with E-state index in [-0.39, 0.29) is 0 Å². The molecule has 1 aliphatic carbocycles. The number of nitrogens with one attached hydrogen (secondary N) is 1. The molecule has 1 aliphatic rings. The van der Waals surface area contributed by atoms with E-state index in [0.29, 0.717) is 6.04 Å². The molecule has 0 aromatic heterocycles. The van der Waals surface area contributed by atoms with Crippen molar-refractivity contribution in [1.82, 2.24) is 0 Å². The molecular weight excluding hydrogens is 371 g/mol. The zero-order valence-corrected chi connectivity index (χ0v) is 16.8. The molecule has 1 unspecified atom stereocenters. The average molecular weight is 399 g/mol. The molecule has 1 aromatic carbocycles. The first-order chi connectivity index (χ1) is 10.8. The van der Waals surface area contributed by atoms with Crippen molar-refractivity contribution in [3.63, 3.8) is 0 Å². The first kappa shape index (κ1) is 18.4. The number of nitrogens with two attached hydrogens (primary N) is 1. The molecule has 0 saturated heterocycles. The topological polar surface area (TPSA) is 38.0 Å². The molecule has 5 heteroatoms. The van der Waals surface area contributed by atoms with Crippen molar-refractivity contribution in [2.45, 2.75) is 44.6 Å². The SMILES string of the molecule is [CH2+]CCS[As](SCCN)c1ccc(NC2CCCCC2)cc1. The molecule has 0 spiro atoms. The molecular formula is C17H28AsN2S2+. The Morgan fingerprint density at radius 3 is 2.41 bits per heavy atom. The van der Waals surface area contributed by atoms with Crippen LogP contribution in [-0.4, -0.2) is 36.4 Å². The Bertz CT molecular complexity index is 400. The molecule has 3 N–H and O–H groups in total. The number of benzene rings is 1. The van der Waals surface area contributed by atoms with Crippen LogP contribution in [0, 0.1) is 6.92 Å². The summed E-state index contributed by atoms with van der Waals surface area (Å²) < 4.78 is 1.54. The Morgan fingerprint density at radius 2 is 1.77 bits per heavy atom. The van der Waals surface area contributed by atoms with E-state index in [1.165, 1.54) is 43.5 Å². The second-order valence-electron chi connectivity index (χ2n) is 5.59. The molecule has 1 atom stereocenters. The van der Waals surface area contributed by atoms with E-state index < -0.39 is 12.3 Å². The van der Waals surface area contributed by atoms with Gasteiger partial charge >= 0.3 is 147 Å². The quantitative estimate of drug-likeness (QED) is 0.490. The summed E-state index contributed by atoms with van der Waals surface area (Å²) >= 11 is -1.08. The van der Waals surface area contributed by atoms with Gasteiger partial charge in [-0.1, -0.05) is 0 Å². The zero-order chi connectivity index (χ0) is 15.6. The van der Waals surface area contributed by atoms with Gasteiger partial charge in [0, 0.05) is 0 Å². The number of anilines is 1. The Hall–Kier alpha value is 0.108. The first-order valence-corrected chi connectivity index (χ1v) is 15.7. The van der Waals surface area contributed by atoms with Crippen LogP contribution in [0.15, 0.2) is 24.3 Å². The van der Waals surface area contributed by atoms with Crippen LogP contribution in [0.1, 0.15) is 38.5 Å². The van der Waals surface area contributed by atoms with Crippen LogP contribution >= 0.6 is 20.0 Å². The van der Waals surface area contributed by atoms with Gasteiger partial charge in [0.15, 0.2) is 0 Å². The summed E-state index contributed by atoms with van der Waals surface area (Å²) in [7, 11) is 4.22. The van der Waals surface area contributed by atoms with E-state index >= 15 is 0 Å². The fourth-order valence-electron chi connectivity index (χ4n) is 2.63. The van der Waals surface area contributed by atoms with Crippen molar-refractivity contribution in [3.05, 3.63) is 31.2 Å². The second-order valence-corrected chi connectivity index (χ2v) is 17.3. The summed E-state index contributed by atoms with van der Waals surface area (Å²) in [5, 5.41) is 3.71. The fraction of sp³-hybridized carbons (Fsp3) is 0.588. The second kappa shape index (κ2) is 10.8. The van der Waals surface area contributed by atoms with Crippen LogP contribution < -0.4 is 15.4 Å². The monoisotopic (exact) mass is 399 g/mol. The summed E-state index contributed by atoms with van der Waals surface area (Å²) in [5.74, 6) is 2.24. The minimum atomic E-state index is -1.08. The summed E-state index contributed by atoms with van der Waals surface area (Å²) in [4.78, 5) is 0. The standard InChI is InChI=1S/C17H28AsN2S2/c1-2-13-21-18(22-14-12-19)15-8-10-17(11-9-15)20-16-6-4-3-5-7-16/h8-11,16,20H,1-7,12-14,19H2/q+1. The van der Waals surface area contributed by atoms with Crippen molar-refractivity contribution in [2.75, 3.05) is 23.4 Å². The summed E-state index contributed by atoms with van der Waals surface area (Å²) in [6.07, 6.45) is 7.83. The van der Waals surface area contributed by atoms with Gasteiger partial charge in [-0.3, -0.25) is 0 Å². The molecule has 0 radical (unpaired) electrons. The molecule has 122 valence electrons. The number of hydrogen-bond acceptors (Lipinski definition) is 4. The van der Waals surface area contributed by atoms with Gasteiger partial charge in [-0.15, -0.1) is 0 Å². The third kappa shape index (κ3) is 6.31. The van der Waals surface area contributed by atoms with Gasteiger partial charge in [0.05, 0.1) is 0 Å². The normalized spacial score (nSPS) is 17.3. The van der Waals surface area contributed by atoms with Crippen LogP contribution in [0.5, 0.6) is 0 Å². The van der Waals surface area contributed by atoms with Crippen molar-refractivity contribution in [1.29, 1.82) is 0 Å². The van der Waals surface area contributed by atoms with Gasteiger partial charge in [-0.05, 0) is 0 Å². The molecule has 1 fully saturated rings. The molecule has 0 aliphatic heterocycles. The Labute approximate surface area is 147 Å². The molecule has 0 bridgehead atoms. The van der Waals surface area contributed by atoms with Crippen LogP contribution in [0.2, 0.25) is 0 Å². The van der Waals surface area contributed by atoms with Gasteiger partial charge in [-0.2, -0.15) is 0 Å². The molecule has 2 nitrogen and oxygen atoms in total. The van der Waals surface area contributed by atoms with E-state index in [1.54, 1.807) is 4.35 Å². The van der Waals surface area contributed by atoms with Gasteiger partial charge < -0.3 is 0 Å². The minimum absolute atomic E-state index is 0.681. The van der Waals surface area contributed by atoms with Gasteiger partial charge in [0.1, 0.15) is 0 Å². The van der Waals surface area contributed by atoms with Gasteiger partial charge in [0.25, 0.3) is 0 Å². The first-order valence-electron chi connectivity index (χ1n) is 8.25. The predicted octanol–water partition coefficient (Wildman–Crippen LogP) is 3.78. The molecule has 1 saturated carbocycles. The zero-order valence-electron chi connectivity index (χ0n) is 13.3. The molecule has 2 rings (SSSR count). The fourth-order valence-corrected chi connectivity index (χ4v) is 15.1. The van der Waals surface area contributed by atoms with Crippen molar-refractivity contribution < 1.29 is 0 Å². The predicted molar refractivity (Wildman–Crippen MR) is 106 cm³/mol. The molecule has 0 amide bonds.